The summed E-state index contributed by atoms with van der Waals surface area (Å²) in [5, 5.41) is 6.03. The summed E-state index contributed by atoms with van der Waals surface area (Å²) in [5.74, 6) is 1.25. The van der Waals surface area contributed by atoms with Crippen molar-refractivity contribution >= 4 is 17.6 Å². The first-order chi connectivity index (χ1) is 9.40. The summed E-state index contributed by atoms with van der Waals surface area (Å²) in [4.78, 5) is 8.00. The summed E-state index contributed by atoms with van der Waals surface area (Å²) in [7, 11) is 0. The van der Waals surface area contributed by atoms with E-state index >= 15 is 0 Å². The Labute approximate surface area is 116 Å². The Balaban J connectivity index is 2.37. The van der Waals surface area contributed by atoms with E-state index in [0.717, 1.165) is 13.0 Å². The molecule has 0 saturated carbocycles. The Bertz CT molecular complexity index is 409. The van der Waals surface area contributed by atoms with Crippen LogP contribution in [0.5, 0.6) is 0 Å². The van der Waals surface area contributed by atoms with Gasteiger partial charge in [-0.3, -0.25) is 0 Å². The molecule has 8 heteroatoms. The predicted octanol–water partition coefficient (Wildman–Crippen LogP) is 3.03. The van der Waals surface area contributed by atoms with Gasteiger partial charge in [-0.15, -0.1) is 0 Å². The maximum Gasteiger partial charge on any atom is 0.389 e. The van der Waals surface area contributed by atoms with Crippen LogP contribution in [0.2, 0.25) is 0 Å². The maximum absolute atomic E-state index is 12.0. The molecule has 0 aliphatic carbocycles. The third-order valence-electron chi connectivity index (χ3n) is 2.49. The first-order valence-electron chi connectivity index (χ1n) is 6.60. The third-order valence-corrected chi connectivity index (χ3v) is 2.49. The normalized spacial score (nSPS) is 11.4. The third kappa shape index (κ3) is 7.01. The SMILES string of the molecule is CCCNc1cc(NCCCCC(F)(F)F)nc(N)n1. The van der Waals surface area contributed by atoms with Gasteiger partial charge in [0.1, 0.15) is 11.6 Å². The maximum atomic E-state index is 12.0. The van der Waals surface area contributed by atoms with Crippen LogP contribution < -0.4 is 16.4 Å². The molecule has 0 bridgehead atoms. The molecule has 5 nitrogen and oxygen atoms in total. The first kappa shape index (κ1) is 16.3. The van der Waals surface area contributed by atoms with E-state index in [1.54, 1.807) is 6.07 Å². The molecule has 0 radical (unpaired) electrons. The van der Waals surface area contributed by atoms with Gasteiger partial charge in [-0.25, -0.2) is 0 Å². The number of rotatable bonds is 8. The largest absolute Gasteiger partial charge is 0.389 e. The number of hydrogen-bond donors (Lipinski definition) is 3. The average Bonchev–Trinajstić information content (AvgIpc) is 2.34. The van der Waals surface area contributed by atoms with E-state index in [2.05, 4.69) is 20.6 Å². The zero-order valence-corrected chi connectivity index (χ0v) is 11.4. The van der Waals surface area contributed by atoms with Crippen LogP contribution in [0.3, 0.4) is 0 Å². The van der Waals surface area contributed by atoms with Gasteiger partial charge in [-0.2, -0.15) is 23.1 Å². The van der Waals surface area contributed by atoms with Crippen molar-refractivity contribution in [3.05, 3.63) is 6.07 Å². The number of alkyl halides is 3. The fraction of sp³-hybridized carbons (Fsp3) is 0.667. The van der Waals surface area contributed by atoms with Crippen LogP contribution in [-0.2, 0) is 0 Å². The van der Waals surface area contributed by atoms with Crippen molar-refractivity contribution in [2.24, 2.45) is 0 Å². The molecule has 4 N–H and O–H groups in total. The molecule has 0 amide bonds. The van der Waals surface area contributed by atoms with Crippen molar-refractivity contribution in [2.45, 2.75) is 38.8 Å². The zero-order valence-electron chi connectivity index (χ0n) is 11.4. The van der Waals surface area contributed by atoms with Gasteiger partial charge in [0.05, 0.1) is 0 Å². The van der Waals surface area contributed by atoms with Gasteiger partial charge in [-0.05, 0) is 19.3 Å². The van der Waals surface area contributed by atoms with Gasteiger partial charge < -0.3 is 16.4 Å². The molecule has 1 heterocycles. The Hall–Kier alpha value is -1.73. The molecule has 1 rings (SSSR count). The van der Waals surface area contributed by atoms with Crippen molar-refractivity contribution in [3.63, 3.8) is 0 Å². The van der Waals surface area contributed by atoms with Gasteiger partial charge in [0.2, 0.25) is 5.95 Å². The minimum atomic E-state index is -4.09. The molecular weight excluding hydrogens is 271 g/mol. The highest BCUT2D eigenvalue weighted by molar-refractivity contribution is 5.50. The lowest BCUT2D eigenvalue weighted by Gasteiger charge is -2.10. The molecule has 0 aliphatic heterocycles. The quantitative estimate of drug-likeness (QED) is 0.642. The van der Waals surface area contributed by atoms with Gasteiger partial charge in [0, 0.05) is 25.6 Å². The highest BCUT2D eigenvalue weighted by Gasteiger charge is 2.25. The van der Waals surface area contributed by atoms with Crippen molar-refractivity contribution in [1.29, 1.82) is 0 Å². The van der Waals surface area contributed by atoms with Crippen molar-refractivity contribution < 1.29 is 13.2 Å². The number of nitrogens with two attached hydrogens (primary N) is 1. The number of unbranched alkanes of at least 4 members (excludes halogenated alkanes) is 1. The van der Waals surface area contributed by atoms with Crippen molar-refractivity contribution in [2.75, 3.05) is 29.5 Å². The molecule has 0 aromatic carbocycles. The molecule has 0 atom stereocenters. The number of nitrogen functional groups attached to an aromatic ring is 1. The van der Waals surface area contributed by atoms with E-state index in [1.165, 1.54) is 0 Å². The number of hydrogen-bond acceptors (Lipinski definition) is 5. The summed E-state index contributed by atoms with van der Waals surface area (Å²) in [6, 6.07) is 1.69. The van der Waals surface area contributed by atoms with Crippen LogP contribution in [0.1, 0.15) is 32.6 Å². The van der Waals surface area contributed by atoms with E-state index < -0.39 is 12.6 Å². The van der Waals surface area contributed by atoms with Crippen LogP contribution in [0.4, 0.5) is 30.8 Å². The lowest BCUT2D eigenvalue weighted by molar-refractivity contribution is -0.135. The van der Waals surface area contributed by atoms with E-state index in [1.807, 2.05) is 6.92 Å². The van der Waals surface area contributed by atoms with Crippen molar-refractivity contribution in [1.82, 2.24) is 9.97 Å². The van der Waals surface area contributed by atoms with E-state index in [9.17, 15) is 13.2 Å². The van der Waals surface area contributed by atoms with Gasteiger partial charge >= 0.3 is 6.18 Å². The molecule has 114 valence electrons. The molecule has 0 saturated heterocycles. The van der Waals surface area contributed by atoms with Gasteiger partial charge in [-0.1, -0.05) is 6.92 Å². The minimum absolute atomic E-state index is 0.0952. The molecule has 20 heavy (non-hydrogen) atoms. The molecular formula is C12H20F3N5. The molecule has 0 fully saturated rings. The summed E-state index contributed by atoms with van der Waals surface area (Å²) in [5.41, 5.74) is 5.57. The highest BCUT2D eigenvalue weighted by atomic mass is 19.4. The van der Waals surface area contributed by atoms with Crippen LogP contribution in [-0.4, -0.2) is 29.2 Å². The van der Waals surface area contributed by atoms with E-state index in [-0.39, 0.29) is 12.4 Å². The number of aromatic nitrogens is 2. The lowest BCUT2D eigenvalue weighted by Crippen LogP contribution is -2.11. The van der Waals surface area contributed by atoms with Crippen LogP contribution in [0.15, 0.2) is 6.07 Å². The first-order valence-corrected chi connectivity index (χ1v) is 6.60. The second kappa shape index (κ2) is 7.76. The van der Waals surface area contributed by atoms with Crippen LogP contribution in [0, 0.1) is 0 Å². The Kier molecular flexibility index (Phi) is 6.33. The zero-order chi connectivity index (χ0) is 15.0. The summed E-state index contributed by atoms with van der Waals surface area (Å²) in [6.07, 6.45) is -3.39. The second-order valence-corrected chi connectivity index (χ2v) is 4.42. The number of anilines is 3. The summed E-state index contributed by atoms with van der Waals surface area (Å²) in [6.45, 7) is 3.21. The minimum Gasteiger partial charge on any atom is -0.370 e. The standard InChI is InChI=1S/C12H20F3N5/c1-2-6-17-9-8-10(20-11(16)19-9)18-7-4-3-5-12(13,14)15/h8H,2-7H2,1H3,(H4,16,17,18,19,20). The van der Waals surface area contributed by atoms with E-state index in [0.29, 0.717) is 24.6 Å². The number of nitrogens with one attached hydrogen (secondary N) is 2. The second-order valence-electron chi connectivity index (χ2n) is 4.42. The highest BCUT2D eigenvalue weighted by Crippen LogP contribution is 2.22. The monoisotopic (exact) mass is 291 g/mol. The lowest BCUT2D eigenvalue weighted by atomic mass is 10.2. The summed E-state index contributed by atoms with van der Waals surface area (Å²) >= 11 is 0. The number of nitrogens with zero attached hydrogens (tertiary/aromatic N) is 2. The van der Waals surface area contributed by atoms with Crippen LogP contribution >= 0.6 is 0 Å². The molecule has 0 aliphatic rings. The Morgan fingerprint density at radius 1 is 1.10 bits per heavy atom. The number of halogens is 3. The van der Waals surface area contributed by atoms with E-state index in [4.69, 9.17) is 5.73 Å². The fourth-order valence-electron chi connectivity index (χ4n) is 1.57. The van der Waals surface area contributed by atoms with Gasteiger partial charge in [0.15, 0.2) is 0 Å². The smallest absolute Gasteiger partial charge is 0.370 e. The molecule has 1 aromatic rings. The molecule has 1 aromatic heterocycles. The van der Waals surface area contributed by atoms with Crippen LogP contribution in [0.25, 0.3) is 0 Å². The summed E-state index contributed by atoms with van der Waals surface area (Å²) < 4.78 is 35.9. The van der Waals surface area contributed by atoms with Gasteiger partial charge in [0.25, 0.3) is 0 Å². The fourth-order valence-corrected chi connectivity index (χ4v) is 1.57. The molecule has 0 unspecified atom stereocenters. The Morgan fingerprint density at radius 3 is 2.25 bits per heavy atom. The predicted molar refractivity (Wildman–Crippen MR) is 73.6 cm³/mol. The Morgan fingerprint density at radius 2 is 1.70 bits per heavy atom. The average molecular weight is 291 g/mol. The topological polar surface area (TPSA) is 75.9 Å². The van der Waals surface area contributed by atoms with Crippen molar-refractivity contribution in [3.8, 4) is 0 Å². The molecule has 0 spiro atoms.